The molecule has 2 aromatic carbocycles. The molecule has 0 unspecified atom stereocenters. The second-order valence-electron chi connectivity index (χ2n) is 7.32. The van der Waals surface area contributed by atoms with Crippen LogP contribution < -0.4 is 0 Å². The lowest BCUT2D eigenvalue weighted by molar-refractivity contribution is 0.00554. The predicted octanol–water partition coefficient (Wildman–Crippen LogP) is 2.58. The topological polar surface area (TPSA) is 62.2 Å². The standard InChI is InChI=1S/C23H30N2O4/c1-28-23(27)25-14-12-24(13-15-25)16-21(26)17-29-18-22(19-8-4-2-5-9-19)20-10-6-3-7-11-20/h2-11,21-22,26H,12-18H2,1H3/t21-/m1/s1. The van der Waals surface area contributed by atoms with E-state index in [1.54, 1.807) is 4.90 Å². The number of methoxy groups -OCH3 is 1. The van der Waals surface area contributed by atoms with E-state index in [2.05, 4.69) is 29.2 Å². The van der Waals surface area contributed by atoms with Crippen LogP contribution >= 0.6 is 0 Å². The molecule has 2 aromatic rings. The van der Waals surface area contributed by atoms with Gasteiger partial charge in [-0.3, -0.25) is 4.90 Å². The van der Waals surface area contributed by atoms with Crippen LogP contribution in [0.1, 0.15) is 17.0 Å². The van der Waals surface area contributed by atoms with Crippen molar-refractivity contribution < 1.29 is 19.4 Å². The lowest BCUT2D eigenvalue weighted by Crippen LogP contribution is -2.50. The number of hydrogen-bond acceptors (Lipinski definition) is 5. The van der Waals surface area contributed by atoms with Crippen molar-refractivity contribution >= 4 is 6.09 Å². The number of aliphatic hydroxyl groups is 1. The Kier molecular flexibility index (Phi) is 8.04. The molecule has 0 aromatic heterocycles. The average Bonchev–Trinajstić information content (AvgIpc) is 2.78. The van der Waals surface area contributed by atoms with Crippen LogP contribution in [0.5, 0.6) is 0 Å². The van der Waals surface area contributed by atoms with Crippen LogP contribution in [-0.2, 0) is 9.47 Å². The molecule has 6 nitrogen and oxygen atoms in total. The summed E-state index contributed by atoms with van der Waals surface area (Å²) >= 11 is 0. The zero-order valence-corrected chi connectivity index (χ0v) is 16.9. The highest BCUT2D eigenvalue weighted by Crippen LogP contribution is 2.24. The quantitative estimate of drug-likeness (QED) is 0.741. The Morgan fingerprint density at radius 3 is 2.00 bits per heavy atom. The highest BCUT2D eigenvalue weighted by molar-refractivity contribution is 5.67. The zero-order chi connectivity index (χ0) is 20.5. The molecule has 3 rings (SSSR count). The number of carbonyl (C=O) groups is 1. The molecule has 29 heavy (non-hydrogen) atoms. The Hall–Kier alpha value is -2.41. The number of piperazine rings is 1. The first-order chi connectivity index (χ1) is 14.2. The number of aliphatic hydroxyl groups excluding tert-OH is 1. The second kappa shape index (κ2) is 11.0. The monoisotopic (exact) mass is 398 g/mol. The molecule has 0 saturated carbocycles. The molecular formula is C23H30N2O4. The molecule has 0 bridgehead atoms. The lowest BCUT2D eigenvalue weighted by atomic mass is 9.92. The van der Waals surface area contributed by atoms with Gasteiger partial charge in [-0.25, -0.2) is 4.79 Å². The van der Waals surface area contributed by atoms with E-state index < -0.39 is 6.10 Å². The van der Waals surface area contributed by atoms with E-state index in [0.717, 1.165) is 13.1 Å². The van der Waals surface area contributed by atoms with E-state index >= 15 is 0 Å². The molecule has 156 valence electrons. The van der Waals surface area contributed by atoms with Gasteiger partial charge < -0.3 is 19.5 Å². The third-order valence-electron chi connectivity index (χ3n) is 5.27. The van der Waals surface area contributed by atoms with E-state index in [-0.39, 0.29) is 18.6 Å². The van der Waals surface area contributed by atoms with Crippen molar-refractivity contribution in [2.45, 2.75) is 12.0 Å². The summed E-state index contributed by atoms with van der Waals surface area (Å²) < 4.78 is 10.7. The molecule has 1 heterocycles. The highest BCUT2D eigenvalue weighted by Gasteiger charge is 2.23. The Morgan fingerprint density at radius 2 is 1.48 bits per heavy atom. The smallest absolute Gasteiger partial charge is 0.409 e. The molecule has 0 aliphatic carbocycles. The van der Waals surface area contributed by atoms with Crippen LogP contribution in [0.25, 0.3) is 0 Å². The lowest BCUT2D eigenvalue weighted by Gasteiger charge is -2.34. The number of rotatable bonds is 8. The summed E-state index contributed by atoms with van der Waals surface area (Å²) in [6.07, 6.45) is -0.853. The summed E-state index contributed by atoms with van der Waals surface area (Å²) in [5.41, 5.74) is 2.40. The third kappa shape index (κ3) is 6.29. The van der Waals surface area contributed by atoms with E-state index in [1.165, 1.54) is 18.2 Å². The van der Waals surface area contributed by atoms with Crippen LogP contribution in [0.3, 0.4) is 0 Å². The maximum atomic E-state index is 11.6. The molecular weight excluding hydrogens is 368 g/mol. The summed E-state index contributed by atoms with van der Waals surface area (Å²) in [6, 6.07) is 20.6. The molecule has 6 heteroatoms. The summed E-state index contributed by atoms with van der Waals surface area (Å²) in [6.45, 7) is 4.02. The van der Waals surface area contributed by atoms with E-state index in [1.807, 2.05) is 36.4 Å². The van der Waals surface area contributed by atoms with E-state index in [4.69, 9.17) is 9.47 Å². The van der Waals surface area contributed by atoms with Gasteiger partial charge in [-0.2, -0.15) is 0 Å². The molecule has 1 aliphatic rings. The van der Waals surface area contributed by atoms with Crippen molar-refractivity contribution in [2.75, 3.05) is 53.0 Å². The first-order valence-corrected chi connectivity index (χ1v) is 10.1. The molecule has 1 saturated heterocycles. The second-order valence-corrected chi connectivity index (χ2v) is 7.32. The normalized spacial score (nSPS) is 16.0. The van der Waals surface area contributed by atoms with Gasteiger partial charge in [0.05, 0.1) is 26.4 Å². The molecule has 0 spiro atoms. The average molecular weight is 399 g/mol. The molecule has 1 fully saturated rings. The summed E-state index contributed by atoms with van der Waals surface area (Å²) in [4.78, 5) is 15.4. The SMILES string of the molecule is COC(=O)N1CCN(C[C@@H](O)COCC(c2ccccc2)c2ccccc2)CC1. The van der Waals surface area contributed by atoms with Crippen molar-refractivity contribution in [1.82, 2.24) is 9.80 Å². The number of nitrogens with zero attached hydrogens (tertiary/aromatic N) is 2. The van der Waals surface area contributed by atoms with Crippen molar-refractivity contribution in [1.29, 1.82) is 0 Å². The van der Waals surface area contributed by atoms with Crippen LogP contribution in [0.2, 0.25) is 0 Å². The van der Waals surface area contributed by atoms with Gasteiger partial charge in [0.1, 0.15) is 0 Å². The van der Waals surface area contributed by atoms with Crippen molar-refractivity contribution in [3.05, 3.63) is 71.8 Å². The van der Waals surface area contributed by atoms with Gasteiger partial charge in [-0.05, 0) is 11.1 Å². The molecule has 1 N–H and O–H groups in total. The maximum absolute atomic E-state index is 11.6. The minimum Gasteiger partial charge on any atom is -0.453 e. The van der Waals surface area contributed by atoms with E-state index in [0.29, 0.717) is 26.2 Å². The van der Waals surface area contributed by atoms with Gasteiger partial charge >= 0.3 is 6.09 Å². The Morgan fingerprint density at radius 1 is 0.931 bits per heavy atom. The van der Waals surface area contributed by atoms with Crippen LogP contribution in [0, 0.1) is 0 Å². The number of hydrogen-bond donors (Lipinski definition) is 1. The van der Waals surface area contributed by atoms with Crippen molar-refractivity contribution in [3.63, 3.8) is 0 Å². The first-order valence-electron chi connectivity index (χ1n) is 10.1. The van der Waals surface area contributed by atoms with Crippen LogP contribution in [0.15, 0.2) is 60.7 Å². The minimum atomic E-state index is -0.563. The van der Waals surface area contributed by atoms with Gasteiger partial charge in [0, 0.05) is 38.6 Å². The van der Waals surface area contributed by atoms with E-state index in [9.17, 15) is 9.90 Å². The fourth-order valence-electron chi connectivity index (χ4n) is 3.67. The molecule has 1 amide bonds. The maximum Gasteiger partial charge on any atom is 0.409 e. The fraction of sp³-hybridized carbons (Fsp3) is 0.435. The fourth-order valence-corrected chi connectivity index (χ4v) is 3.67. The largest absolute Gasteiger partial charge is 0.453 e. The summed E-state index contributed by atoms with van der Waals surface area (Å²) in [5.74, 6) is 0.133. The number of β-amino-alcohol motifs (C(OH)–C–C–N with tert-alkyl or cyclic N) is 1. The number of benzene rings is 2. The zero-order valence-electron chi connectivity index (χ0n) is 16.9. The van der Waals surface area contributed by atoms with Gasteiger partial charge in [0.25, 0.3) is 0 Å². The Bertz CT molecular complexity index is 694. The van der Waals surface area contributed by atoms with Gasteiger partial charge in [-0.15, -0.1) is 0 Å². The summed E-state index contributed by atoms with van der Waals surface area (Å²) in [5, 5.41) is 10.4. The Labute approximate surface area is 172 Å². The Balaban J connectivity index is 1.47. The minimum absolute atomic E-state index is 0.133. The van der Waals surface area contributed by atoms with Gasteiger partial charge in [-0.1, -0.05) is 60.7 Å². The third-order valence-corrected chi connectivity index (χ3v) is 5.27. The van der Waals surface area contributed by atoms with Crippen molar-refractivity contribution in [2.24, 2.45) is 0 Å². The van der Waals surface area contributed by atoms with Crippen LogP contribution in [-0.4, -0.2) is 80.2 Å². The molecule has 1 atom stereocenters. The highest BCUT2D eigenvalue weighted by atomic mass is 16.5. The number of amides is 1. The molecule has 0 radical (unpaired) electrons. The van der Waals surface area contributed by atoms with Crippen molar-refractivity contribution in [3.8, 4) is 0 Å². The predicted molar refractivity (Wildman–Crippen MR) is 112 cm³/mol. The van der Waals surface area contributed by atoms with Crippen LogP contribution in [0.4, 0.5) is 4.79 Å². The first kappa shape index (κ1) is 21.3. The molecule has 1 aliphatic heterocycles. The number of carbonyl (C=O) groups excluding carboxylic acids is 1. The summed E-state index contributed by atoms with van der Waals surface area (Å²) in [7, 11) is 1.40. The van der Waals surface area contributed by atoms with Gasteiger partial charge in [0.2, 0.25) is 0 Å². The number of ether oxygens (including phenoxy) is 2. The van der Waals surface area contributed by atoms with Gasteiger partial charge in [0.15, 0.2) is 0 Å².